The van der Waals surface area contributed by atoms with E-state index in [2.05, 4.69) is 51.7 Å². The quantitative estimate of drug-likeness (QED) is 0.411. The van der Waals surface area contributed by atoms with Crippen LogP contribution in [0.15, 0.2) is 48.9 Å². The number of hydrogen-bond donors (Lipinski definition) is 3. The molecule has 0 aliphatic heterocycles. The highest BCUT2D eigenvalue weighted by Gasteiger charge is 2.34. The molecule has 3 N–H and O–H groups in total. The molecule has 0 fully saturated rings. The zero-order valence-electron chi connectivity index (χ0n) is 20.8. The van der Waals surface area contributed by atoms with Crippen molar-refractivity contribution in [3.05, 3.63) is 60.0 Å². The second kappa shape index (κ2) is 11.0. The van der Waals surface area contributed by atoms with Gasteiger partial charge in [-0.15, -0.1) is 0 Å². The number of carbonyl (C=O) groups is 1. The number of aromatic nitrogens is 3. The number of pyridine rings is 1. The van der Waals surface area contributed by atoms with Gasteiger partial charge >= 0.3 is 0 Å². The van der Waals surface area contributed by atoms with Crippen LogP contribution >= 0.6 is 0 Å². The molecule has 3 aromatic rings. The fourth-order valence-electron chi connectivity index (χ4n) is 4.04. The van der Waals surface area contributed by atoms with E-state index < -0.39 is 0 Å². The van der Waals surface area contributed by atoms with Gasteiger partial charge in [-0.1, -0.05) is 26.8 Å². The lowest BCUT2D eigenvalue weighted by Gasteiger charge is -2.37. The minimum absolute atomic E-state index is 0.131. The van der Waals surface area contributed by atoms with Gasteiger partial charge in [0, 0.05) is 55.0 Å². The molecule has 0 aliphatic carbocycles. The molecule has 180 valence electrons. The third-order valence-electron chi connectivity index (χ3n) is 6.70. The molecule has 0 bridgehead atoms. The maximum atomic E-state index is 12.1. The molecule has 0 radical (unpaired) electrons. The molecule has 0 aliphatic rings. The summed E-state index contributed by atoms with van der Waals surface area (Å²) < 4.78 is 5.69. The number of methoxy groups -OCH3 is 1. The highest BCUT2D eigenvalue weighted by Crippen LogP contribution is 2.41. The molecule has 8 nitrogen and oxygen atoms in total. The minimum atomic E-state index is -0.178. The zero-order chi connectivity index (χ0) is 24.7. The molecule has 2 heterocycles. The van der Waals surface area contributed by atoms with E-state index in [-0.39, 0.29) is 17.2 Å². The number of amides is 1. The molecule has 34 heavy (non-hydrogen) atoms. The summed E-state index contributed by atoms with van der Waals surface area (Å²) in [5, 5.41) is 9.16. The molecule has 0 saturated heterocycles. The Morgan fingerprint density at radius 2 is 1.88 bits per heavy atom. The highest BCUT2D eigenvalue weighted by atomic mass is 16.5. The maximum Gasteiger partial charge on any atom is 0.251 e. The number of anilines is 2. The zero-order valence-corrected chi connectivity index (χ0v) is 20.8. The lowest BCUT2D eigenvalue weighted by Crippen LogP contribution is -2.35. The molecule has 2 atom stereocenters. The molecule has 0 spiro atoms. The SMILES string of the molecule is CCC(C)(c1ccc(C(=O)NC)cc1OC)C(C)CNc1cc(-c2ccc(NC)nc2)ncn1. The number of carbonyl (C=O) groups excluding carboxylic acids is 1. The molecule has 1 aromatic carbocycles. The molecule has 2 unspecified atom stereocenters. The Morgan fingerprint density at radius 3 is 2.50 bits per heavy atom. The van der Waals surface area contributed by atoms with Gasteiger partial charge in [0.25, 0.3) is 5.91 Å². The number of nitrogens with one attached hydrogen (secondary N) is 3. The number of ether oxygens (including phenoxy) is 1. The second-order valence-corrected chi connectivity index (χ2v) is 8.52. The van der Waals surface area contributed by atoms with E-state index in [0.29, 0.717) is 12.1 Å². The predicted octanol–water partition coefficient (Wildman–Crippen LogP) is 4.36. The van der Waals surface area contributed by atoms with Crippen molar-refractivity contribution in [2.75, 3.05) is 38.4 Å². The van der Waals surface area contributed by atoms with E-state index in [4.69, 9.17) is 4.74 Å². The Labute approximate surface area is 201 Å². The summed E-state index contributed by atoms with van der Waals surface area (Å²) in [5.41, 5.74) is 3.22. The first kappa shape index (κ1) is 25.0. The van der Waals surface area contributed by atoms with E-state index in [1.54, 1.807) is 26.7 Å². The molecule has 3 rings (SSSR count). The molecular weight excluding hydrogens is 428 g/mol. The molecule has 2 aromatic heterocycles. The number of rotatable bonds is 10. The average molecular weight is 463 g/mol. The highest BCUT2D eigenvalue weighted by molar-refractivity contribution is 5.94. The van der Waals surface area contributed by atoms with Crippen molar-refractivity contribution in [2.24, 2.45) is 5.92 Å². The van der Waals surface area contributed by atoms with Crippen molar-refractivity contribution in [3.63, 3.8) is 0 Å². The monoisotopic (exact) mass is 462 g/mol. The second-order valence-electron chi connectivity index (χ2n) is 8.52. The normalized spacial score (nSPS) is 13.5. The Morgan fingerprint density at radius 1 is 1.09 bits per heavy atom. The smallest absolute Gasteiger partial charge is 0.251 e. The summed E-state index contributed by atoms with van der Waals surface area (Å²) in [5.74, 6) is 2.40. The van der Waals surface area contributed by atoms with Crippen molar-refractivity contribution < 1.29 is 9.53 Å². The van der Waals surface area contributed by atoms with Crippen LogP contribution in [-0.2, 0) is 5.41 Å². The summed E-state index contributed by atoms with van der Waals surface area (Å²) in [6.07, 6.45) is 4.27. The van der Waals surface area contributed by atoms with Crippen LogP contribution in [0.1, 0.15) is 43.1 Å². The summed E-state index contributed by atoms with van der Waals surface area (Å²) in [4.78, 5) is 25.2. The van der Waals surface area contributed by atoms with Crippen LogP contribution in [0.4, 0.5) is 11.6 Å². The lowest BCUT2D eigenvalue weighted by molar-refractivity contribution is 0.0962. The van der Waals surface area contributed by atoms with E-state index in [0.717, 1.165) is 40.6 Å². The van der Waals surface area contributed by atoms with E-state index in [1.807, 2.05) is 43.4 Å². The molecule has 1 amide bonds. The molecule has 0 saturated carbocycles. The van der Waals surface area contributed by atoms with Crippen molar-refractivity contribution in [1.82, 2.24) is 20.3 Å². The number of nitrogens with zero attached hydrogens (tertiary/aromatic N) is 3. The van der Waals surface area contributed by atoms with Gasteiger partial charge in [0.15, 0.2) is 0 Å². The average Bonchev–Trinajstić information content (AvgIpc) is 2.90. The Kier molecular flexibility index (Phi) is 8.04. The van der Waals surface area contributed by atoms with Crippen molar-refractivity contribution in [3.8, 4) is 17.0 Å². The summed E-state index contributed by atoms with van der Waals surface area (Å²) in [7, 11) is 5.11. The standard InChI is InChI=1S/C26H34N6O2/c1-7-26(3,20-10-8-18(25(33)28-5)12-22(20)34-6)17(2)14-29-24-13-21(31-16-32-24)19-9-11-23(27-4)30-15-19/h8-13,15-17H,7,14H2,1-6H3,(H,27,30)(H,28,33)(H,29,31,32). The van der Waals surface area contributed by atoms with Crippen LogP contribution in [0.2, 0.25) is 0 Å². The van der Waals surface area contributed by atoms with Gasteiger partial charge in [0.2, 0.25) is 0 Å². The van der Waals surface area contributed by atoms with Gasteiger partial charge in [-0.05, 0) is 36.6 Å². The Hall–Kier alpha value is -3.68. The van der Waals surface area contributed by atoms with E-state index >= 15 is 0 Å². The van der Waals surface area contributed by atoms with Crippen LogP contribution in [0.25, 0.3) is 11.3 Å². The van der Waals surface area contributed by atoms with Crippen LogP contribution in [-0.4, -0.2) is 48.6 Å². The molecule has 8 heteroatoms. The number of hydrogen-bond acceptors (Lipinski definition) is 7. The summed E-state index contributed by atoms with van der Waals surface area (Å²) >= 11 is 0. The van der Waals surface area contributed by atoms with Crippen molar-refractivity contribution >= 4 is 17.5 Å². The summed E-state index contributed by atoms with van der Waals surface area (Å²) in [6, 6.07) is 11.5. The van der Waals surface area contributed by atoms with Crippen LogP contribution in [0.3, 0.4) is 0 Å². The predicted molar refractivity (Wildman–Crippen MR) is 136 cm³/mol. The third kappa shape index (κ3) is 5.27. The molecular formula is C26H34N6O2. The third-order valence-corrected chi connectivity index (χ3v) is 6.70. The van der Waals surface area contributed by atoms with Gasteiger partial charge in [0.1, 0.15) is 23.7 Å². The largest absolute Gasteiger partial charge is 0.496 e. The fraction of sp³-hybridized carbons (Fsp3) is 0.385. The van der Waals surface area contributed by atoms with Gasteiger partial charge in [-0.2, -0.15) is 0 Å². The van der Waals surface area contributed by atoms with Gasteiger partial charge in [-0.3, -0.25) is 4.79 Å². The van der Waals surface area contributed by atoms with Gasteiger partial charge in [0.05, 0.1) is 12.8 Å². The Balaban J connectivity index is 1.79. The van der Waals surface area contributed by atoms with Crippen molar-refractivity contribution in [2.45, 2.75) is 32.6 Å². The van der Waals surface area contributed by atoms with Crippen LogP contribution in [0, 0.1) is 5.92 Å². The number of benzene rings is 1. The van der Waals surface area contributed by atoms with Gasteiger partial charge in [-0.25, -0.2) is 15.0 Å². The summed E-state index contributed by atoms with van der Waals surface area (Å²) in [6.45, 7) is 7.33. The first-order chi connectivity index (χ1) is 16.4. The first-order valence-electron chi connectivity index (χ1n) is 11.5. The minimum Gasteiger partial charge on any atom is -0.496 e. The van der Waals surface area contributed by atoms with Crippen LogP contribution < -0.4 is 20.7 Å². The van der Waals surface area contributed by atoms with Crippen molar-refractivity contribution in [1.29, 1.82) is 0 Å². The van der Waals surface area contributed by atoms with E-state index in [1.165, 1.54) is 0 Å². The Bertz CT molecular complexity index is 1120. The maximum absolute atomic E-state index is 12.1. The lowest BCUT2D eigenvalue weighted by atomic mass is 9.70. The van der Waals surface area contributed by atoms with Gasteiger partial charge < -0.3 is 20.7 Å². The topological polar surface area (TPSA) is 101 Å². The fourth-order valence-corrected chi connectivity index (χ4v) is 4.04. The van der Waals surface area contributed by atoms with E-state index in [9.17, 15) is 4.79 Å². The van der Waals surface area contributed by atoms with Crippen LogP contribution in [0.5, 0.6) is 5.75 Å². The first-order valence-corrected chi connectivity index (χ1v) is 11.5.